The molecule has 0 atom stereocenters. The first kappa shape index (κ1) is 13.2. The quantitative estimate of drug-likeness (QED) is 0.339. The third-order valence-corrected chi connectivity index (χ3v) is 2.50. The Morgan fingerprint density at radius 2 is 2.35 bits per heavy atom. The second kappa shape index (κ2) is 6.05. The van der Waals surface area contributed by atoms with Crippen LogP contribution in [0.2, 0.25) is 0 Å². The van der Waals surface area contributed by atoms with E-state index in [9.17, 15) is 0 Å². The maximum atomic E-state index is 8.79. The number of oxime groups is 1. The van der Waals surface area contributed by atoms with Crippen molar-refractivity contribution in [1.82, 2.24) is 4.98 Å². The minimum atomic E-state index is 0.0647. The van der Waals surface area contributed by atoms with E-state index >= 15 is 0 Å². The number of methoxy groups -OCH3 is 1. The van der Waals surface area contributed by atoms with Gasteiger partial charge in [0.15, 0.2) is 5.84 Å². The summed E-state index contributed by atoms with van der Waals surface area (Å²) in [5, 5.41) is 11.8. The zero-order chi connectivity index (χ0) is 12.8. The number of likely N-dealkylation sites (N-methyl/N-ethyl adjacent to an activating group) is 1. The van der Waals surface area contributed by atoms with Crippen molar-refractivity contribution in [2.45, 2.75) is 6.92 Å². The Morgan fingerprint density at radius 3 is 2.94 bits per heavy atom. The fourth-order valence-corrected chi connectivity index (χ4v) is 1.53. The second-order valence-electron chi connectivity index (χ2n) is 3.73. The predicted octanol–water partition coefficient (Wildman–Crippen LogP) is 0.567. The van der Waals surface area contributed by atoms with Crippen LogP contribution in [0, 0.1) is 6.92 Å². The number of hydrogen-bond donors (Lipinski definition) is 2. The number of nitrogens with two attached hydrogens (primary N) is 1. The van der Waals surface area contributed by atoms with Crippen molar-refractivity contribution in [3.05, 3.63) is 23.4 Å². The number of anilines is 1. The molecule has 6 nitrogen and oxygen atoms in total. The Balaban J connectivity index is 3.10. The third-order valence-electron chi connectivity index (χ3n) is 2.50. The normalized spacial score (nSPS) is 11.6. The van der Waals surface area contributed by atoms with Crippen LogP contribution < -0.4 is 10.6 Å². The van der Waals surface area contributed by atoms with Gasteiger partial charge in [0.1, 0.15) is 5.82 Å². The fourth-order valence-electron chi connectivity index (χ4n) is 1.53. The molecule has 0 aliphatic rings. The first-order valence-corrected chi connectivity index (χ1v) is 5.25. The van der Waals surface area contributed by atoms with E-state index in [4.69, 9.17) is 15.7 Å². The molecule has 0 fully saturated rings. The monoisotopic (exact) mass is 238 g/mol. The van der Waals surface area contributed by atoms with Crippen LogP contribution >= 0.6 is 0 Å². The first-order valence-electron chi connectivity index (χ1n) is 5.25. The Morgan fingerprint density at radius 1 is 1.65 bits per heavy atom. The van der Waals surface area contributed by atoms with Crippen molar-refractivity contribution in [3.63, 3.8) is 0 Å². The molecule has 17 heavy (non-hydrogen) atoms. The van der Waals surface area contributed by atoms with Gasteiger partial charge in [0.05, 0.1) is 12.2 Å². The minimum absolute atomic E-state index is 0.0647. The van der Waals surface area contributed by atoms with E-state index in [1.807, 2.05) is 24.9 Å². The van der Waals surface area contributed by atoms with Gasteiger partial charge in [-0.05, 0) is 18.6 Å². The molecule has 3 N–H and O–H groups in total. The van der Waals surface area contributed by atoms with E-state index < -0.39 is 0 Å². The summed E-state index contributed by atoms with van der Waals surface area (Å²) < 4.78 is 5.01. The van der Waals surface area contributed by atoms with Gasteiger partial charge >= 0.3 is 0 Å². The standard InChI is InChI=1S/C11H18N4O2/c1-8-4-5-13-11(9(8)10(12)14-16)15(2)6-7-17-3/h4-5,16H,6-7H2,1-3H3,(H2,12,14). The van der Waals surface area contributed by atoms with Crippen molar-refractivity contribution in [2.75, 3.05) is 32.2 Å². The number of pyridine rings is 1. The van der Waals surface area contributed by atoms with Crippen LogP contribution in [0.1, 0.15) is 11.1 Å². The molecule has 1 aromatic heterocycles. The van der Waals surface area contributed by atoms with Gasteiger partial charge in [-0.1, -0.05) is 5.16 Å². The number of ether oxygens (including phenoxy) is 1. The summed E-state index contributed by atoms with van der Waals surface area (Å²) in [4.78, 5) is 6.17. The van der Waals surface area contributed by atoms with Crippen LogP contribution in [-0.2, 0) is 4.74 Å². The maximum Gasteiger partial charge on any atom is 0.174 e. The average Bonchev–Trinajstić information content (AvgIpc) is 2.34. The molecule has 0 saturated carbocycles. The van der Waals surface area contributed by atoms with Crippen molar-refractivity contribution in [3.8, 4) is 0 Å². The maximum absolute atomic E-state index is 8.79. The molecule has 0 aliphatic heterocycles. The number of aromatic nitrogens is 1. The van der Waals surface area contributed by atoms with E-state index in [1.54, 1.807) is 13.3 Å². The van der Waals surface area contributed by atoms with Gasteiger partial charge in [0.2, 0.25) is 0 Å². The minimum Gasteiger partial charge on any atom is -0.409 e. The molecule has 1 aromatic rings. The van der Waals surface area contributed by atoms with Crippen LogP contribution in [0.25, 0.3) is 0 Å². The summed E-state index contributed by atoms with van der Waals surface area (Å²) in [5.41, 5.74) is 7.22. The first-order chi connectivity index (χ1) is 8.11. The highest BCUT2D eigenvalue weighted by atomic mass is 16.5. The van der Waals surface area contributed by atoms with E-state index in [-0.39, 0.29) is 5.84 Å². The van der Waals surface area contributed by atoms with Crippen molar-refractivity contribution >= 4 is 11.7 Å². The molecule has 0 saturated heterocycles. The SMILES string of the molecule is COCCN(C)c1nccc(C)c1/C(N)=N/O. The summed E-state index contributed by atoms with van der Waals surface area (Å²) in [6.45, 7) is 3.16. The number of rotatable bonds is 5. The third kappa shape index (κ3) is 3.07. The summed E-state index contributed by atoms with van der Waals surface area (Å²) >= 11 is 0. The molecular formula is C11H18N4O2. The van der Waals surface area contributed by atoms with Gasteiger partial charge in [-0.3, -0.25) is 0 Å². The highest BCUT2D eigenvalue weighted by Gasteiger charge is 2.14. The lowest BCUT2D eigenvalue weighted by Gasteiger charge is -2.21. The van der Waals surface area contributed by atoms with E-state index in [0.717, 1.165) is 5.56 Å². The predicted molar refractivity (Wildman–Crippen MR) is 66.6 cm³/mol. The average molecular weight is 238 g/mol. The molecule has 6 heteroatoms. The molecule has 0 unspecified atom stereocenters. The smallest absolute Gasteiger partial charge is 0.174 e. The summed E-state index contributed by atoms with van der Waals surface area (Å²) in [6, 6.07) is 1.82. The van der Waals surface area contributed by atoms with E-state index in [2.05, 4.69) is 10.1 Å². The molecule has 0 amide bonds. The zero-order valence-electron chi connectivity index (χ0n) is 10.3. The molecule has 0 aliphatic carbocycles. The van der Waals surface area contributed by atoms with Crippen LogP contribution in [-0.4, -0.2) is 43.3 Å². The molecule has 0 spiro atoms. The van der Waals surface area contributed by atoms with Gasteiger partial charge in [-0.15, -0.1) is 0 Å². The molecule has 0 bridgehead atoms. The van der Waals surface area contributed by atoms with Gasteiger partial charge < -0.3 is 20.6 Å². The largest absolute Gasteiger partial charge is 0.409 e. The fraction of sp³-hybridized carbons (Fsp3) is 0.455. The Hall–Kier alpha value is -1.82. The van der Waals surface area contributed by atoms with Crippen molar-refractivity contribution < 1.29 is 9.94 Å². The lowest BCUT2D eigenvalue weighted by atomic mass is 10.1. The number of hydrogen-bond acceptors (Lipinski definition) is 5. The number of amidine groups is 1. The van der Waals surface area contributed by atoms with Crippen molar-refractivity contribution in [2.24, 2.45) is 10.9 Å². The molecule has 94 valence electrons. The highest BCUT2D eigenvalue weighted by Crippen LogP contribution is 2.19. The lowest BCUT2D eigenvalue weighted by molar-refractivity contribution is 0.206. The van der Waals surface area contributed by atoms with Gasteiger partial charge in [0.25, 0.3) is 0 Å². The Kier molecular flexibility index (Phi) is 4.71. The van der Waals surface area contributed by atoms with Crippen molar-refractivity contribution in [1.29, 1.82) is 0 Å². The number of nitrogens with zero attached hydrogens (tertiary/aromatic N) is 3. The Bertz CT molecular complexity index is 406. The summed E-state index contributed by atoms with van der Waals surface area (Å²) in [5.74, 6) is 0.743. The summed E-state index contributed by atoms with van der Waals surface area (Å²) in [6.07, 6.45) is 1.70. The van der Waals surface area contributed by atoms with Crippen LogP contribution in [0.15, 0.2) is 17.4 Å². The van der Waals surface area contributed by atoms with Gasteiger partial charge in [-0.25, -0.2) is 4.98 Å². The second-order valence-corrected chi connectivity index (χ2v) is 3.73. The molecule has 0 aromatic carbocycles. The molecule has 0 radical (unpaired) electrons. The van der Waals surface area contributed by atoms with Crippen LogP contribution in [0.3, 0.4) is 0 Å². The highest BCUT2D eigenvalue weighted by molar-refractivity contribution is 6.02. The lowest BCUT2D eigenvalue weighted by Crippen LogP contribution is -2.27. The molecule has 1 rings (SSSR count). The van der Waals surface area contributed by atoms with Gasteiger partial charge in [-0.2, -0.15) is 0 Å². The number of aryl methyl sites for hydroxylation is 1. The van der Waals surface area contributed by atoms with Crippen LogP contribution in [0.5, 0.6) is 0 Å². The van der Waals surface area contributed by atoms with E-state index in [1.165, 1.54) is 0 Å². The zero-order valence-corrected chi connectivity index (χ0v) is 10.3. The van der Waals surface area contributed by atoms with Crippen LogP contribution in [0.4, 0.5) is 5.82 Å². The molecular weight excluding hydrogens is 220 g/mol. The molecule has 1 heterocycles. The summed E-state index contributed by atoms with van der Waals surface area (Å²) in [7, 11) is 3.52. The van der Waals surface area contributed by atoms with Gasteiger partial charge in [0, 0.05) is 26.9 Å². The van der Waals surface area contributed by atoms with E-state index in [0.29, 0.717) is 24.5 Å². The topological polar surface area (TPSA) is 84.0 Å². The Labute approximate surface area is 101 Å².